The van der Waals surface area contributed by atoms with E-state index in [4.69, 9.17) is 14.2 Å². The monoisotopic (exact) mass is 358 g/mol. The third kappa shape index (κ3) is 4.02. The Bertz CT molecular complexity index is 791. The van der Waals surface area contributed by atoms with Gasteiger partial charge in [0.2, 0.25) is 5.95 Å². The summed E-state index contributed by atoms with van der Waals surface area (Å²) in [5, 5.41) is 2.82. The quantitative estimate of drug-likeness (QED) is 0.873. The molecule has 1 fully saturated rings. The van der Waals surface area contributed by atoms with Crippen LogP contribution in [-0.2, 0) is 4.74 Å². The molecule has 0 unspecified atom stereocenters. The second-order valence-electron chi connectivity index (χ2n) is 5.81. The fraction of sp³-hybridized carbons (Fsp3) is 0.389. The lowest BCUT2D eigenvalue weighted by atomic mass is 10.1. The van der Waals surface area contributed by atoms with Crippen LogP contribution in [0.1, 0.15) is 16.1 Å². The highest BCUT2D eigenvalue weighted by atomic mass is 16.5. The summed E-state index contributed by atoms with van der Waals surface area (Å²) in [5.74, 6) is 1.73. The lowest BCUT2D eigenvalue weighted by molar-refractivity contribution is 0.102. The zero-order valence-electron chi connectivity index (χ0n) is 15.1. The van der Waals surface area contributed by atoms with Crippen LogP contribution in [-0.4, -0.2) is 56.4 Å². The van der Waals surface area contributed by atoms with Crippen molar-refractivity contribution in [3.8, 4) is 11.5 Å². The Kier molecular flexibility index (Phi) is 5.52. The molecule has 0 spiro atoms. The molecule has 2 heterocycles. The van der Waals surface area contributed by atoms with Crippen LogP contribution >= 0.6 is 0 Å². The Morgan fingerprint density at radius 3 is 2.62 bits per heavy atom. The van der Waals surface area contributed by atoms with E-state index in [1.54, 1.807) is 31.4 Å². The molecule has 0 atom stereocenters. The molecule has 0 radical (unpaired) electrons. The van der Waals surface area contributed by atoms with Gasteiger partial charge in [0.1, 0.15) is 17.3 Å². The summed E-state index contributed by atoms with van der Waals surface area (Å²) < 4.78 is 15.8. The average molecular weight is 358 g/mol. The van der Waals surface area contributed by atoms with Crippen LogP contribution in [0, 0.1) is 6.92 Å². The van der Waals surface area contributed by atoms with Gasteiger partial charge in [-0.2, -0.15) is 4.98 Å². The molecule has 138 valence electrons. The molecule has 26 heavy (non-hydrogen) atoms. The maximum atomic E-state index is 12.7. The van der Waals surface area contributed by atoms with Crippen LogP contribution < -0.4 is 19.7 Å². The normalized spacial score (nSPS) is 14.0. The number of nitrogens with one attached hydrogen (secondary N) is 1. The SMILES string of the molecule is COc1ccc(OC)c(C(=O)Nc2cc(C)nc(N3CCOCC3)n2)c1. The molecule has 0 saturated carbocycles. The lowest BCUT2D eigenvalue weighted by Gasteiger charge is -2.27. The number of carbonyl (C=O) groups is 1. The number of rotatable bonds is 5. The van der Waals surface area contributed by atoms with Gasteiger partial charge < -0.3 is 24.4 Å². The minimum Gasteiger partial charge on any atom is -0.497 e. The Labute approximate surface area is 152 Å². The molecular weight excluding hydrogens is 336 g/mol. The predicted molar refractivity (Wildman–Crippen MR) is 97.3 cm³/mol. The smallest absolute Gasteiger partial charge is 0.260 e. The van der Waals surface area contributed by atoms with Gasteiger partial charge in [-0.15, -0.1) is 0 Å². The second-order valence-corrected chi connectivity index (χ2v) is 5.81. The van der Waals surface area contributed by atoms with Crippen molar-refractivity contribution in [3.63, 3.8) is 0 Å². The molecule has 1 aliphatic heterocycles. The van der Waals surface area contributed by atoms with Gasteiger partial charge in [-0.3, -0.25) is 4.79 Å². The molecule has 1 saturated heterocycles. The molecule has 8 nitrogen and oxygen atoms in total. The number of hydrogen-bond donors (Lipinski definition) is 1. The number of benzene rings is 1. The lowest BCUT2D eigenvalue weighted by Crippen LogP contribution is -2.37. The largest absolute Gasteiger partial charge is 0.497 e. The Morgan fingerprint density at radius 2 is 1.92 bits per heavy atom. The molecular formula is C18H22N4O4. The van der Waals surface area contributed by atoms with Crippen molar-refractivity contribution in [2.24, 2.45) is 0 Å². The van der Waals surface area contributed by atoms with Gasteiger partial charge in [-0.1, -0.05) is 0 Å². The third-order valence-electron chi connectivity index (χ3n) is 4.03. The number of anilines is 2. The number of aromatic nitrogens is 2. The summed E-state index contributed by atoms with van der Waals surface area (Å²) in [6.45, 7) is 4.59. The molecule has 2 aromatic rings. The highest BCUT2D eigenvalue weighted by Gasteiger charge is 2.18. The van der Waals surface area contributed by atoms with E-state index in [1.165, 1.54) is 7.11 Å². The van der Waals surface area contributed by atoms with Crippen LogP contribution in [0.2, 0.25) is 0 Å². The first-order valence-corrected chi connectivity index (χ1v) is 8.32. The molecule has 0 bridgehead atoms. The summed E-state index contributed by atoms with van der Waals surface area (Å²) in [4.78, 5) is 23.7. The molecule has 1 amide bonds. The Balaban J connectivity index is 1.84. The van der Waals surface area contributed by atoms with Crippen LogP contribution in [0.3, 0.4) is 0 Å². The number of methoxy groups -OCH3 is 2. The molecule has 1 N–H and O–H groups in total. The molecule has 3 rings (SSSR count). The van der Waals surface area contributed by atoms with Gasteiger partial charge in [-0.05, 0) is 25.1 Å². The summed E-state index contributed by atoms with van der Waals surface area (Å²) in [7, 11) is 3.07. The van der Waals surface area contributed by atoms with E-state index in [1.807, 2.05) is 11.8 Å². The highest BCUT2D eigenvalue weighted by Crippen LogP contribution is 2.25. The van der Waals surface area contributed by atoms with Crippen LogP contribution in [0.4, 0.5) is 11.8 Å². The first-order valence-electron chi connectivity index (χ1n) is 8.32. The number of carbonyl (C=O) groups excluding carboxylic acids is 1. The van der Waals surface area contributed by atoms with Gasteiger partial charge in [0.15, 0.2) is 0 Å². The number of nitrogens with zero attached hydrogens (tertiary/aromatic N) is 3. The number of ether oxygens (including phenoxy) is 3. The van der Waals surface area contributed by atoms with Gasteiger partial charge in [0.05, 0.1) is 33.0 Å². The van der Waals surface area contributed by atoms with Crippen molar-refractivity contribution in [2.75, 3.05) is 50.7 Å². The number of amides is 1. The maximum absolute atomic E-state index is 12.7. The average Bonchev–Trinajstić information content (AvgIpc) is 2.67. The highest BCUT2D eigenvalue weighted by molar-refractivity contribution is 6.06. The van der Waals surface area contributed by atoms with E-state index < -0.39 is 0 Å². The van der Waals surface area contributed by atoms with Crippen molar-refractivity contribution in [2.45, 2.75) is 6.92 Å². The van der Waals surface area contributed by atoms with E-state index >= 15 is 0 Å². The first kappa shape index (κ1) is 17.9. The van der Waals surface area contributed by atoms with Crippen LogP contribution in [0.15, 0.2) is 24.3 Å². The van der Waals surface area contributed by atoms with Gasteiger partial charge in [-0.25, -0.2) is 4.98 Å². The summed E-state index contributed by atoms with van der Waals surface area (Å²) in [6, 6.07) is 6.79. The van der Waals surface area contributed by atoms with Gasteiger partial charge in [0.25, 0.3) is 5.91 Å². The first-order chi connectivity index (χ1) is 12.6. The van der Waals surface area contributed by atoms with Crippen LogP contribution in [0.5, 0.6) is 11.5 Å². The molecule has 0 aliphatic carbocycles. The molecule has 1 aromatic carbocycles. The van der Waals surface area contributed by atoms with Crippen molar-refractivity contribution >= 4 is 17.7 Å². The molecule has 8 heteroatoms. The number of morpholine rings is 1. The van der Waals surface area contributed by atoms with Gasteiger partial charge in [0, 0.05) is 24.8 Å². The molecule has 1 aliphatic rings. The van der Waals surface area contributed by atoms with Gasteiger partial charge >= 0.3 is 0 Å². The second kappa shape index (κ2) is 8.01. The Morgan fingerprint density at radius 1 is 1.15 bits per heavy atom. The Hall–Kier alpha value is -2.87. The van der Waals surface area contributed by atoms with E-state index in [2.05, 4.69) is 15.3 Å². The summed E-state index contributed by atoms with van der Waals surface area (Å²) >= 11 is 0. The van der Waals surface area contributed by atoms with E-state index in [0.29, 0.717) is 42.0 Å². The summed E-state index contributed by atoms with van der Waals surface area (Å²) in [6.07, 6.45) is 0. The minimum absolute atomic E-state index is 0.327. The van der Waals surface area contributed by atoms with Crippen molar-refractivity contribution in [1.82, 2.24) is 9.97 Å². The standard InChI is InChI=1S/C18H22N4O4/c1-12-10-16(21-18(19-12)22-6-8-26-9-7-22)20-17(23)14-11-13(24-2)4-5-15(14)25-3/h4-5,10-11H,6-9H2,1-3H3,(H,19,20,21,23). The van der Waals surface area contributed by atoms with E-state index in [-0.39, 0.29) is 5.91 Å². The minimum atomic E-state index is -0.327. The zero-order valence-corrected chi connectivity index (χ0v) is 15.1. The van der Waals surface area contributed by atoms with Crippen molar-refractivity contribution < 1.29 is 19.0 Å². The van der Waals surface area contributed by atoms with E-state index in [0.717, 1.165) is 18.8 Å². The topological polar surface area (TPSA) is 85.8 Å². The zero-order chi connectivity index (χ0) is 18.5. The summed E-state index contributed by atoms with van der Waals surface area (Å²) in [5.41, 5.74) is 1.14. The van der Waals surface area contributed by atoms with Crippen molar-refractivity contribution in [1.29, 1.82) is 0 Å². The van der Waals surface area contributed by atoms with E-state index in [9.17, 15) is 4.79 Å². The van der Waals surface area contributed by atoms with Crippen molar-refractivity contribution in [3.05, 3.63) is 35.5 Å². The predicted octanol–water partition coefficient (Wildman–Crippen LogP) is 1.89. The third-order valence-corrected chi connectivity index (χ3v) is 4.03. The molecule has 1 aromatic heterocycles. The fourth-order valence-corrected chi connectivity index (χ4v) is 2.70. The number of aryl methyl sites for hydroxylation is 1. The van der Waals surface area contributed by atoms with Crippen LogP contribution in [0.25, 0.3) is 0 Å². The fourth-order valence-electron chi connectivity index (χ4n) is 2.70. The number of hydrogen-bond acceptors (Lipinski definition) is 7. The maximum Gasteiger partial charge on any atom is 0.260 e.